The predicted molar refractivity (Wildman–Crippen MR) is 95.3 cm³/mol. The molecule has 0 aromatic heterocycles. The molecule has 0 amide bonds. The summed E-state index contributed by atoms with van der Waals surface area (Å²) in [4.78, 5) is 10.8. The third kappa shape index (κ3) is 11.3. The summed E-state index contributed by atoms with van der Waals surface area (Å²) in [6.07, 6.45) is 11.4. The Hall–Kier alpha value is 0.00870. The molecule has 0 aromatic rings. The van der Waals surface area contributed by atoms with E-state index in [0.717, 1.165) is 6.42 Å². The van der Waals surface area contributed by atoms with Crippen molar-refractivity contribution in [2.24, 2.45) is 0 Å². The Bertz CT molecular complexity index is 265. The van der Waals surface area contributed by atoms with Crippen LogP contribution in [0.2, 0.25) is 13.3 Å². The van der Waals surface area contributed by atoms with Gasteiger partial charge >= 0.3 is 137 Å². The number of carbonyl (C=O) groups is 1. The van der Waals surface area contributed by atoms with Crippen molar-refractivity contribution >= 4 is 24.3 Å². The minimum absolute atomic E-state index is 0.166. The van der Waals surface area contributed by atoms with Gasteiger partial charge in [0.15, 0.2) is 0 Å². The van der Waals surface area contributed by atoms with Gasteiger partial charge in [-0.25, -0.2) is 0 Å². The van der Waals surface area contributed by atoms with Crippen LogP contribution in [0.1, 0.15) is 72.6 Å². The molecule has 0 heterocycles. The Morgan fingerprint density at radius 3 is 1.81 bits per heavy atom. The van der Waals surface area contributed by atoms with Gasteiger partial charge in [-0.3, -0.25) is 0 Å². The van der Waals surface area contributed by atoms with Crippen molar-refractivity contribution in [3.8, 4) is 0 Å². The normalized spacial score (nSPS) is 12.0. The van der Waals surface area contributed by atoms with Gasteiger partial charge in [0.25, 0.3) is 0 Å². The molecule has 0 aromatic carbocycles. The molecule has 21 heavy (non-hydrogen) atoms. The summed E-state index contributed by atoms with van der Waals surface area (Å²) in [5.74, 6) is -0.166. The first-order valence-electron chi connectivity index (χ1n) is 8.91. The molecule has 124 valence electrons. The van der Waals surface area contributed by atoms with Gasteiger partial charge in [0, 0.05) is 0 Å². The predicted octanol–water partition coefficient (Wildman–Crippen LogP) is 5.88. The molecule has 0 fully saturated rings. The summed E-state index contributed by atoms with van der Waals surface area (Å²) < 4.78 is 12.2. The maximum absolute atomic E-state index is 10.8. The van der Waals surface area contributed by atoms with E-state index in [1.165, 1.54) is 58.8 Å². The fourth-order valence-corrected chi connectivity index (χ4v) is 17.3. The maximum atomic E-state index is 10.8. The van der Waals surface area contributed by atoms with Crippen molar-refractivity contribution in [1.29, 1.82) is 0 Å². The topological polar surface area (TPSA) is 26.3 Å². The molecule has 0 aliphatic rings. The second-order valence-corrected chi connectivity index (χ2v) is 19.2. The molecule has 0 saturated heterocycles. The minimum atomic E-state index is -2.09. The molecule has 0 radical (unpaired) electrons. The molecule has 0 spiro atoms. The number of carbonyl (C=O) groups excluding carboxylic acids is 1. The average Bonchev–Trinajstić information content (AvgIpc) is 2.47. The zero-order chi connectivity index (χ0) is 16.0. The van der Waals surface area contributed by atoms with Crippen LogP contribution in [-0.2, 0) is 9.53 Å². The van der Waals surface area contributed by atoms with Crippen LogP contribution in [0.15, 0.2) is 10.2 Å². The fraction of sp³-hybridized carbons (Fsp3) is 0.833. The van der Waals surface area contributed by atoms with Crippen molar-refractivity contribution in [2.45, 2.75) is 86.0 Å². The number of ether oxygens (including phenoxy) is 1. The Balaban J connectivity index is 4.60. The molecule has 0 bridgehead atoms. The van der Waals surface area contributed by atoms with Crippen LogP contribution in [0.25, 0.3) is 0 Å². The second-order valence-electron chi connectivity index (χ2n) is 6.20. The second kappa shape index (κ2) is 13.7. The third-order valence-corrected chi connectivity index (χ3v) is 18.4. The van der Waals surface area contributed by atoms with Crippen molar-refractivity contribution in [3.63, 3.8) is 0 Å². The first-order chi connectivity index (χ1) is 10.1. The van der Waals surface area contributed by atoms with Crippen LogP contribution in [0.3, 0.4) is 0 Å². The van der Waals surface area contributed by atoms with E-state index in [0.29, 0.717) is 6.61 Å². The molecular weight excluding hydrogens is 367 g/mol. The van der Waals surface area contributed by atoms with E-state index in [1.54, 1.807) is 0 Å². The number of esters is 1. The molecule has 0 unspecified atom stereocenters. The van der Waals surface area contributed by atoms with Crippen LogP contribution in [0, 0.1) is 0 Å². The molecule has 0 saturated carbocycles. The Kier molecular flexibility index (Phi) is 13.7. The Labute approximate surface area is 136 Å². The van der Waals surface area contributed by atoms with Gasteiger partial charge in [-0.1, -0.05) is 0 Å². The van der Waals surface area contributed by atoms with Gasteiger partial charge in [-0.2, -0.15) is 0 Å². The molecule has 2 nitrogen and oxygen atoms in total. The van der Waals surface area contributed by atoms with E-state index in [9.17, 15) is 4.79 Å². The standard InChI is InChI=1S/C6H9O2.3C4H9.Sn/c1-3-4-5-8-6(2)7;3*1-3-4-2;/h1,3H,4-5H2,2H3;3*1,3-4H2,2H3;. The summed E-state index contributed by atoms with van der Waals surface area (Å²) in [6.45, 7) is 8.95. The van der Waals surface area contributed by atoms with Crippen LogP contribution >= 0.6 is 0 Å². The quantitative estimate of drug-likeness (QED) is 0.218. The van der Waals surface area contributed by atoms with E-state index in [-0.39, 0.29) is 5.97 Å². The van der Waals surface area contributed by atoms with E-state index in [4.69, 9.17) is 4.74 Å². The SMILES string of the molecule is CCC[CH2][Sn](/[CH]=C\CCOC(C)=O)([CH2]CCC)[CH2]CCC. The molecule has 0 rings (SSSR count). The van der Waals surface area contributed by atoms with Crippen LogP contribution in [-0.4, -0.2) is 31.0 Å². The Morgan fingerprint density at radius 2 is 1.43 bits per heavy atom. The van der Waals surface area contributed by atoms with E-state index < -0.39 is 18.4 Å². The third-order valence-electron chi connectivity index (χ3n) is 4.15. The average molecular weight is 403 g/mol. The molecule has 0 atom stereocenters. The monoisotopic (exact) mass is 404 g/mol. The van der Waals surface area contributed by atoms with E-state index >= 15 is 0 Å². The van der Waals surface area contributed by atoms with Gasteiger partial charge in [0.1, 0.15) is 0 Å². The van der Waals surface area contributed by atoms with Crippen LogP contribution in [0.5, 0.6) is 0 Å². The van der Waals surface area contributed by atoms with Gasteiger partial charge in [0.2, 0.25) is 0 Å². The van der Waals surface area contributed by atoms with E-state index in [2.05, 4.69) is 30.9 Å². The zero-order valence-electron chi connectivity index (χ0n) is 14.7. The molecule has 3 heteroatoms. The Morgan fingerprint density at radius 1 is 0.952 bits per heavy atom. The van der Waals surface area contributed by atoms with Crippen LogP contribution < -0.4 is 0 Å². The van der Waals surface area contributed by atoms with Crippen molar-refractivity contribution in [1.82, 2.24) is 0 Å². The summed E-state index contributed by atoms with van der Waals surface area (Å²) in [7, 11) is 0. The molecular formula is C18H36O2Sn. The number of hydrogen-bond donors (Lipinski definition) is 0. The van der Waals surface area contributed by atoms with Crippen molar-refractivity contribution < 1.29 is 9.53 Å². The van der Waals surface area contributed by atoms with Gasteiger partial charge < -0.3 is 0 Å². The van der Waals surface area contributed by atoms with Crippen molar-refractivity contribution in [2.75, 3.05) is 6.61 Å². The first kappa shape index (κ1) is 21.0. The summed E-state index contributed by atoms with van der Waals surface area (Å²) >= 11 is -2.09. The van der Waals surface area contributed by atoms with Crippen LogP contribution in [0.4, 0.5) is 0 Å². The number of rotatable bonds is 13. The zero-order valence-corrected chi connectivity index (χ0v) is 17.6. The number of hydrogen-bond acceptors (Lipinski definition) is 2. The molecule has 0 aliphatic carbocycles. The number of unbranched alkanes of at least 4 members (excludes halogenated alkanes) is 3. The van der Waals surface area contributed by atoms with Crippen molar-refractivity contribution in [3.05, 3.63) is 10.2 Å². The fourth-order valence-electron chi connectivity index (χ4n) is 2.82. The summed E-state index contributed by atoms with van der Waals surface area (Å²) in [5, 5.41) is 0. The molecule has 0 N–H and O–H groups in total. The summed E-state index contributed by atoms with van der Waals surface area (Å²) in [6, 6.07) is 0. The van der Waals surface area contributed by atoms with Gasteiger partial charge in [-0.15, -0.1) is 0 Å². The van der Waals surface area contributed by atoms with Gasteiger partial charge in [-0.05, 0) is 0 Å². The first-order valence-corrected chi connectivity index (χ1v) is 16.6. The molecule has 0 aliphatic heterocycles. The summed E-state index contributed by atoms with van der Waals surface area (Å²) in [5.41, 5.74) is 0. The van der Waals surface area contributed by atoms with Gasteiger partial charge in [0.05, 0.1) is 0 Å². The van der Waals surface area contributed by atoms with E-state index in [1.807, 2.05) is 0 Å².